The molecule has 0 radical (unpaired) electrons. The fourth-order valence-corrected chi connectivity index (χ4v) is 7.90. The first kappa shape index (κ1) is 31.2. The average molecular weight is 557 g/mol. The number of esters is 1. The van der Waals surface area contributed by atoms with Crippen molar-refractivity contribution in [1.29, 1.82) is 0 Å². The van der Waals surface area contributed by atoms with E-state index in [0.29, 0.717) is 6.61 Å². The van der Waals surface area contributed by atoms with Gasteiger partial charge >= 0.3 is 5.97 Å². The highest BCUT2D eigenvalue weighted by molar-refractivity contribution is 6.73. The summed E-state index contributed by atoms with van der Waals surface area (Å²) in [5.74, 6) is -0.558. The summed E-state index contributed by atoms with van der Waals surface area (Å²) in [6, 6.07) is 17.2. The summed E-state index contributed by atoms with van der Waals surface area (Å²) in [6.45, 7) is 14.2. The fraction of sp³-hybridized carbons (Fsp3) is 0.548. The normalized spacial score (nSPS) is 23.5. The Balaban J connectivity index is 1.92. The third kappa shape index (κ3) is 8.31. The number of hydrogen-bond donors (Lipinski definition) is 0. The van der Waals surface area contributed by atoms with Gasteiger partial charge < -0.3 is 28.2 Å². The molecule has 2 aromatic rings. The number of fused-ring (bicyclic) bond motifs is 1. The molecule has 2 aromatic carbocycles. The van der Waals surface area contributed by atoms with Crippen LogP contribution in [0.3, 0.4) is 0 Å². The van der Waals surface area contributed by atoms with Gasteiger partial charge in [-0.1, -0.05) is 63.2 Å². The second-order valence-electron chi connectivity index (χ2n) is 10.3. The van der Waals surface area contributed by atoms with E-state index in [4.69, 9.17) is 23.4 Å². The number of carbonyl (C=O) groups is 2. The molecule has 7 nitrogen and oxygen atoms in total. The Kier molecular flexibility index (Phi) is 11.9. The predicted octanol–water partition coefficient (Wildman–Crippen LogP) is 6.34. The molecule has 1 aliphatic rings. The topological polar surface area (TPSA) is 80.3 Å². The second kappa shape index (κ2) is 14.9. The van der Waals surface area contributed by atoms with E-state index >= 15 is 0 Å². The number of benzene rings is 2. The summed E-state index contributed by atoms with van der Waals surface area (Å²) in [5, 5.41) is 2.31. The molecular formula is C31H44O7Si. The van der Waals surface area contributed by atoms with E-state index < -0.39 is 38.9 Å². The van der Waals surface area contributed by atoms with E-state index in [0.717, 1.165) is 29.1 Å². The van der Waals surface area contributed by atoms with Crippen LogP contribution >= 0.6 is 0 Å². The molecule has 214 valence electrons. The Hall–Kier alpha value is -2.36. The van der Waals surface area contributed by atoms with E-state index in [2.05, 4.69) is 57.7 Å². The first-order chi connectivity index (χ1) is 18.8. The van der Waals surface area contributed by atoms with Crippen LogP contribution in [0, 0.1) is 0 Å². The van der Waals surface area contributed by atoms with Crippen molar-refractivity contribution in [3.63, 3.8) is 0 Å². The minimum Gasteiger partial charge on any atom is -0.454 e. The summed E-state index contributed by atoms with van der Waals surface area (Å²) < 4.78 is 31.7. The third-order valence-electron chi connectivity index (χ3n) is 7.63. The molecule has 0 spiro atoms. The Morgan fingerprint density at radius 1 is 0.949 bits per heavy atom. The summed E-state index contributed by atoms with van der Waals surface area (Å²) in [6.07, 6.45) is -1.42. The zero-order valence-corrected chi connectivity index (χ0v) is 25.0. The van der Waals surface area contributed by atoms with Crippen LogP contribution in [-0.4, -0.2) is 57.4 Å². The van der Waals surface area contributed by atoms with Crippen molar-refractivity contribution in [3.05, 3.63) is 60.7 Å². The monoisotopic (exact) mass is 556 g/mol. The van der Waals surface area contributed by atoms with Crippen LogP contribution < -0.4 is 0 Å². The van der Waals surface area contributed by atoms with Crippen LogP contribution in [0.25, 0.3) is 10.8 Å². The second-order valence-corrected chi connectivity index (χ2v) is 15.0. The minimum absolute atomic E-state index is 0.0111. The lowest BCUT2D eigenvalue weighted by Crippen LogP contribution is -2.63. The molecule has 0 bridgehead atoms. The maximum absolute atomic E-state index is 12.9. The van der Waals surface area contributed by atoms with Gasteiger partial charge in [-0.3, -0.25) is 4.79 Å². The third-order valence-corrected chi connectivity index (χ3v) is 12.3. The van der Waals surface area contributed by atoms with Gasteiger partial charge in [0.25, 0.3) is 0 Å². The highest BCUT2D eigenvalue weighted by Crippen LogP contribution is 2.35. The molecule has 8 heteroatoms. The van der Waals surface area contributed by atoms with Crippen molar-refractivity contribution in [1.82, 2.24) is 0 Å². The van der Waals surface area contributed by atoms with Crippen molar-refractivity contribution in [2.45, 2.75) is 103 Å². The van der Waals surface area contributed by atoms with E-state index in [1.807, 2.05) is 19.1 Å². The first-order valence-corrected chi connectivity index (χ1v) is 16.6. The van der Waals surface area contributed by atoms with Crippen LogP contribution in [0.4, 0.5) is 0 Å². The molecule has 1 saturated heterocycles. The molecule has 0 aliphatic carbocycles. The van der Waals surface area contributed by atoms with E-state index in [1.54, 1.807) is 6.08 Å². The van der Waals surface area contributed by atoms with Gasteiger partial charge in [0.15, 0.2) is 20.7 Å². The number of ether oxygens (including phenoxy) is 4. The zero-order chi connectivity index (χ0) is 28.4. The van der Waals surface area contributed by atoms with Crippen LogP contribution in [-0.2, 0) is 39.6 Å². The molecule has 0 amide bonds. The van der Waals surface area contributed by atoms with Gasteiger partial charge in [-0.25, -0.2) is 0 Å². The van der Waals surface area contributed by atoms with Crippen molar-refractivity contribution >= 4 is 30.8 Å². The number of carbonyl (C=O) groups excluding carboxylic acids is 2. The Labute approximate surface area is 233 Å². The fourth-order valence-electron chi connectivity index (χ4n) is 5.06. The van der Waals surface area contributed by atoms with Gasteiger partial charge in [-0.2, -0.15) is 0 Å². The van der Waals surface area contributed by atoms with Crippen molar-refractivity contribution in [2.24, 2.45) is 0 Å². The molecule has 5 atom stereocenters. The summed E-state index contributed by atoms with van der Waals surface area (Å²) in [4.78, 5) is 24.4. The molecular weight excluding hydrogens is 512 g/mol. The van der Waals surface area contributed by atoms with Crippen LogP contribution in [0.2, 0.25) is 18.1 Å². The Bertz CT molecular complexity index is 1090. The largest absolute Gasteiger partial charge is 0.454 e. The Morgan fingerprint density at radius 2 is 1.64 bits per heavy atom. The van der Waals surface area contributed by atoms with Gasteiger partial charge in [0, 0.05) is 6.42 Å². The van der Waals surface area contributed by atoms with Gasteiger partial charge in [0.2, 0.25) is 0 Å². The number of ketones is 1. The maximum Gasteiger partial charge on any atom is 0.306 e. The van der Waals surface area contributed by atoms with Crippen molar-refractivity contribution in [3.8, 4) is 0 Å². The quantitative estimate of drug-likeness (QED) is 0.144. The lowest BCUT2D eigenvalue weighted by atomic mass is 9.99. The highest BCUT2D eigenvalue weighted by atomic mass is 28.4. The molecule has 0 N–H and O–H groups in total. The molecule has 0 unspecified atom stereocenters. The van der Waals surface area contributed by atoms with Gasteiger partial charge in [-0.05, 0) is 54.4 Å². The number of hydrogen-bond acceptors (Lipinski definition) is 7. The molecule has 3 rings (SSSR count). The van der Waals surface area contributed by atoms with Crippen molar-refractivity contribution in [2.75, 3.05) is 6.61 Å². The summed E-state index contributed by atoms with van der Waals surface area (Å²) in [7, 11) is -2.17. The lowest BCUT2D eigenvalue weighted by molar-refractivity contribution is -0.299. The standard InChI is InChI=1S/C31H44O7Si/c1-7-19-34-31-30(37-27(33)18-15-22(5)32)29(38-39(8-2,9-3)10-4)28(23(6)36-31)35-21-24-16-17-25-13-11-12-14-26(25)20-24/h7,11-14,16-17,20,23,28-31H,1,8-10,15,18-19,21H2,2-6H3/t23-,28-,29+,30+,31+/m0/s1. The molecule has 0 aromatic heterocycles. The van der Waals surface area contributed by atoms with Crippen LogP contribution in [0.1, 0.15) is 53.0 Å². The number of Topliss-reactive ketones (excluding diaryl/α,β-unsaturated/α-hetero) is 1. The molecule has 39 heavy (non-hydrogen) atoms. The van der Waals surface area contributed by atoms with E-state index in [1.165, 1.54) is 12.3 Å². The molecule has 1 fully saturated rings. The number of rotatable bonds is 15. The predicted molar refractivity (Wildman–Crippen MR) is 155 cm³/mol. The minimum atomic E-state index is -2.17. The van der Waals surface area contributed by atoms with Gasteiger partial charge in [0.05, 0.1) is 25.7 Å². The highest BCUT2D eigenvalue weighted by Gasteiger charge is 2.51. The molecule has 1 heterocycles. The van der Waals surface area contributed by atoms with Gasteiger partial charge in [0.1, 0.15) is 18.0 Å². The summed E-state index contributed by atoms with van der Waals surface area (Å²) in [5.41, 5.74) is 1.03. The average Bonchev–Trinajstić information content (AvgIpc) is 2.94. The zero-order valence-electron chi connectivity index (χ0n) is 24.0. The molecule has 1 aliphatic heterocycles. The first-order valence-electron chi connectivity index (χ1n) is 14.1. The maximum atomic E-state index is 12.9. The smallest absolute Gasteiger partial charge is 0.306 e. The van der Waals surface area contributed by atoms with E-state index in [-0.39, 0.29) is 31.3 Å². The van der Waals surface area contributed by atoms with Crippen molar-refractivity contribution < 1.29 is 33.0 Å². The Morgan fingerprint density at radius 3 is 2.28 bits per heavy atom. The summed E-state index contributed by atoms with van der Waals surface area (Å²) >= 11 is 0. The molecule has 0 saturated carbocycles. The SMILES string of the molecule is C=CCO[C@@H]1O[C@@H](C)[C@H](OCc2ccc3ccccc3c2)[C@@H](O[Si](CC)(CC)CC)[C@H]1OC(=O)CCC(C)=O. The van der Waals surface area contributed by atoms with Crippen LogP contribution in [0.5, 0.6) is 0 Å². The van der Waals surface area contributed by atoms with Gasteiger partial charge in [-0.15, -0.1) is 6.58 Å². The lowest BCUT2D eigenvalue weighted by Gasteiger charge is -2.47. The van der Waals surface area contributed by atoms with E-state index in [9.17, 15) is 9.59 Å². The van der Waals surface area contributed by atoms with Crippen LogP contribution in [0.15, 0.2) is 55.1 Å².